The molecule has 104 valence electrons. The largest absolute Gasteiger partial charge is 0.349 e. The second kappa shape index (κ2) is 6.33. The lowest BCUT2D eigenvalue weighted by molar-refractivity contribution is 0.0939. The van der Waals surface area contributed by atoms with Gasteiger partial charge in [0.15, 0.2) is 0 Å². The molecule has 2 rings (SSSR count). The highest BCUT2D eigenvalue weighted by Crippen LogP contribution is 2.11. The number of halogens is 1. The first-order chi connectivity index (χ1) is 9.56. The van der Waals surface area contributed by atoms with Crippen molar-refractivity contribution in [2.45, 2.75) is 26.3 Å². The van der Waals surface area contributed by atoms with E-state index in [2.05, 4.69) is 5.32 Å². The smallest absolute Gasteiger partial charge is 0.251 e. The molecule has 3 heteroatoms. The van der Waals surface area contributed by atoms with E-state index >= 15 is 0 Å². The maximum Gasteiger partial charge on any atom is 0.251 e. The van der Waals surface area contributed by atoms with Crippen molar-refractivity contribution in [2.75, 3.05) is 0 Å². The zero-order valence-electron chi connectivity index (χ0n) is 11.7. The van der Waals surface area contributed by atoms with Crippen LogP contribution in [0.2, 0.25) is 0 Å². The quantitative estimate of drug-likeness (QED) is 0.906. The SMILES string of the molecule is Cc1cc(F)ccc1C(=O)NC(C)Cc1ccccc1. The van der Waals surface area contributed by atoms with Crippen LogP contribution in [0.5, 0.6) is 0 Å². The molecule has 0 saturated carbocycles. The summed E-state index contributed by atoms with van der Waals surface area (Å²) in [5.41, 5.74) is 2.34. The van der Waals surface area contributed by atoms with E-state index < -0.39 is 0 Å². The van der Waals surface area contributed by atoms with Gasteiger partial charge in [0.25, 0.3) is 5.91 Å². The highest BCUT2D eigenvalue weighted by molar-refractivity contribution is 5.95. The minimum absolute atomic E-state index is 0.0225. The molecule has 0 saturated heterocycles. The van der Waals surface area contributed by atoms with Crippen LogP contribution in [0.4, 0.5) is 4.39 Å². The second-order valence-corrected chi connectivity index (χ2v) is 5.02. The molecule has 0 heterocycles. The molecule has 1 atom stereocenters. The average Bonchev–Trinajstić information content (AvgIpc) is 2.39. The van der Waals surface area contributed by atoms with Gasteiger partial charge < -0.3 is 5.32 Å². The van der Waals surface area contributed by atoms with Crippen LogP contribution in [-0.4, -0.2) is 11.9 Å². The Hall–Kier alpha value is -2.16. The summed E-state index contributed by atoms with van der Waals surface area (Å²) < 4.78 is 13.0. The first kappa shape index (κ1) is 14.3. The Bertz CT molecular complexity index is 595. The Morgan fingerprint density at radius 2 is 1.90 bits per heavy atom. The van der Waals surface area contributed by atoms with E-state index in [1.807, 2.05) is 37.3 Å². The lowest BCUT2D eigenvalue weighted by atomic mass is 10.1. The van der Waals surface area contributed by atoms with Crippen LogP contribution in [0.1, 0.15) is 28.4 Å². The normalized spacial score (nSPS) is 11.9. The number of nitrogens with one attached hydrogen (secondary N) is 1. The minimum Gasteiger partial charge on any atom is -0.349 e. The van der Waals surface area contributed by atoms with E-state index in [0.717, 1.165) is 6.42 Å². The van der Waals surface area contributed by atoms with Gasteiger partial charge in [-0.1, -0.05) is 30.3 Å². The fraction of sp³-hybridized carbons (Fsp3) is 0.235. The van der Waals surface area contributed by atoms with E-state index in [1.54, 1.807) is 6.92 Å². The summed E-state index contributed by atoms with van der Waals surface area (Å²) in [6, 6.07) is 14.2. The number of benzene rings is 2. The molecule has 2 aromatic rings. The lowest BCUT2D eigenvalue weighted by Crippen LogP contribution is -2.34. The van der Waals surface area contributed by atoms with Crippen LogP contribution in [0.15, 0.2) is 48.5 Å². The third-order valence-corrected chi connectivity index (χ3v) is 3.20. The highest BCUT2D eigenvalue weighted by atomic mass is 19.1. The number of carbonyl (C=O) groups is 1. The van der Waals surface area contributed by atoms with Crippen molar-refractivity contribution in [3.05, 3.63) is 71.0 Å². The van der Waals surface area contributed by atoms with Crippen LogP contribution >= 0.6 is 0 Å². The fourth-order valence-corrected chi connectivity index (χ4v) is 2.20. The molecular weight excluding hydrogens is 253 g/mol. The zero-order valence-corrected chi connectivity index (χ0v) is 11.7. The van der Waals surface area contributed by atoms with Gasteiger partial charge in [0, 0.05) is 11.6 Å². The molecule has 0 fully saturated rings. The van der Waals surface area contributed by atoms with Gasteiger partial charge in [-0.05, 0) is 49.6 Å². The topological polar surface area (TPSA) is 29.1 Å². The van der Waals surface area contributed by atoms with Gasteiger partial charge in [0.2, 0.25) is 0 Å². The van der Waals surface area contributed by atoms with E-state index in [4.69, 9.17) is 0 Å². The monoisotopic (exact) mass is 271 g/mol. The molecule has 1 unspecified atom stereocenters. The number of amides is 1. The molecular formula is C17H18FNO. The highest BCUT2D eigenvalue weighted by Gasteiger charge is 2.12. The molecule has 2 aromatic carbocycles. The van der Waals surface area contributed by atoms with Crippen molar-refractivity contribution < 1.29 is 9.18 Å². The summed E-state index contributed by atoms with van der Waals surface area (Å²) >= 11 is 0. The molecule has 0 aliphatic heterocycles. The summed E-state index contributed by atoms with van der Waals surface area (Å²) in [6.45, 7) is 3.70. The Morgan fingerprint density at radius 3 is 2.55 bits per heavy atom. The van der Waals surface area contributed by atoms with Crippen molar-refractivity contribution in [2.24, 2.45) is 0 Å². The van der Waals surface area contributed by atoms with Gasteiger partial charge in [-0.2, -0.15) is 0 Å². The molecule has 0 bridgehead atoms. The Kier molecular flexibility index (Phi) is 4.51. The van der Waals surface area contributed by atoms with Crippen molar-refractivity contribution in [3.63, 3.8) is 0 Å². The molecule has 20 heavy (non-hydrogen) atoms. The van der Waals surface area contributed by atoms with Crippen molar-refractivity contribution >= 4 is 5.91 Å². The number of rotatable bonds is 4. The first-order valence-corrected chi connectivity index (χ1v) is 6.67. The van der Waals surface area contributed by atoms with E-state index in [1.165, 1.54) is 23.8 Å². The van der Waals surface area contributed by atoms with Crippen molar-refractivity contribution in [1.82, 2.24) is 5.32 Å². The van der Waals surface area contributed by atoms with Gasteiger partial charge in [0.1, 0.15) is 5.82 Å². The Balaban J connectivity index is 2.00. The molecule has 0 aliphatic carbocycles. The molecule has 0 aliphatic rings. The summed E-state index contributed by atoms with van der Waals surface area (Å²) in [5, 5.41) is 2.94. The number of aryl methyl sites for hydroxylation is 1. The lowest BCUT2D eigenvalue weighted by Gasteiger charge is -2.15. The van der Waals surface area contributed by atoms with E-state index in [-0.39, 0.29) is 17.8 Å². The molecule has 0 aromatic heterocycles. The first-order valence-electron chi connectivity index (χ1n) is 6.67. The van der Waals surface area contributed by atoms with Crippen molar-refractivity contribution in [1.29, 1.82) is 0 Å². The van der Waals surface area contributed by atoms with Crippen molar-refractivity contribution in [3.8, 4) is 0 Å². The number of hydrogen-bond donors (Lipinski definition) is 1. The number of hydrogen-bond acceptors (Lipinski definition) is 1. The maximum atomic E-state index is 13.0. The van der Waals surface area contributed by atoms with Crippen LogP contribution < -0.4 is 5.32 Å². The standard InChI is InChI=1S/C17H18FNO/c1-12-10-15(18)8-9-16(12)17(20)19-13(2)11-14-6-4-3-5-7-14/h3-10,13H,11H2,1-2H3,(H,19,20). The fourth-order valence-electron chi connectivity index (χ4n) is 2.20. The van der Waals surface area contributed by atoms with Crippen LogP contribution in [0, 0.1) is 12.7 Å². The molecule has 2 nitrogen and oxygen atoms in total. The third kappa shape index (κ3) is 3.67. The third-order valence-electron chi connectivity index (χ3n) is 3.20. The summed E-state index contributed by atoms with van der Waals surface area (Å²) in [7, 11) is 0. The zero-order chi connectivity index (χ0) is 14.5. The molecule has 1 amide bonds. The molecule has 0 radical (unpaired) electrons. The van der Waals surface area contributed by atoms with Gasteiger partial charge >= 0.3 is 0 Å². The summed E-state index contributed by atoms with van der Waals surface area (Å²) in [5.74, 6) is -0.484. The predicted molar refractivity (Wildman–Crippen MR) is 78.2 cm³/mol. The summed E-state index contributed by atoms with van der Waals surface area (Å²) in [4.78, 5) is 12.1. The maximum absolute atomic E-state index is 13.0. The van der Waals surface area contributed by atoms with Crippen LogP contribution in [-0.2, 0) is 6.42 Å². The predicted octanol–water partition coefficient (Wildman–Crippen LogP) is 3.50. The van der Waals surface area contributed by atoms with E-state index in [9.17, 15) is 9.18 Å². The number of carbonyl (C=O) groups excluding carboxylic acids is 1. The van der Waals surface area contributed by atoms with Crippen LogP contribution in [0.25, 0.3) is 0 Å². The van der Waals surface area contributed by atoms with Crippen LogP contribution in [0.3, 0.4) is 0 Å². The average molecular weight is 271 g/mol. The van der Waals surface area contributed by atoms with Gasteiger partial charge in [0.05, 0.1) is 0 Å². The van der Waals surface area contributed by atoms with Gasteiger partial charge in [-0.3, -0.25) is 4.79 Å². The van der Waals surface area contributed by atoms with Gasteiger partial charge in [-0.15, -0.1) is 0 Å². The Labute approximate surface area is 118 Å². The van der Waals surface area contributed by atoms with Gasteiger partial charge in [-0.25, -0.2) is 4.39 Å². The Morgan fingerprint density at radius 1 is 1.20 bits per heavy atom. The molecule has 0 spiro atoms. The molecule has 1 N–H and O–H groups in total. The minimum atomic E-state index is -0.323. The second-order valence-electron chi connectivity index (χ2n) is 5.02. The summed E-state index contributed by atoms with van der Waals surface area (Å²) in [6.07, 6.45) is 0.771. The van der Waals surface area contributed by atoms with E-state index in [0.29, 0.717) is 11.1 Å².